The number of hydrogen-bond acceptors (Lipinski definition) is 4. The summed E-state index contributed by atoms with van der Waals surface area (Å²) in [5, 5.41) is 0. The molecule has 1 aromatic rings. The molecule has 1 aliphatic heterocycles. The van der Waals surface area contributed by atoms with Crippen molar-refractivity contribution in [3.8, 4) is 11.5 Å². The smallest absolute Gasteiger partial charge is 0.338 e. The summed E-state index contributed by atoms with van der Waals surface area (Å²) < 4.78 is 16.1. The molecule has 1 heterocycles. The molecule has 0 aliphatic carbocycles. The minimum Gasteiger partial charge on any atom is -0.490 e. The average molecular weight is 248 g/mol. The van der Waals surface area contributed by atoms with Gasteiger partial charge in [-0.15, -0.1) is 0 Å². The molecule has 4 heteroatoms. The van der Waals surface area contributed by atoms with Gasteiger partial charge in [0.1, 0.15) is 6.61 Å². The number of carbonyl (C=O) groups is 1. The molecule has 1 aliphatic rings. The number of allylic oxidation sites excluding steroid dienone is 1. The summed E-state index contributed by atoms with van der Waals surface area (Å²) in [5.74, 6) is 0.925. The van der Waals surface area contributed by atoms with Crippen LogP contribution in [0, 0.1) is 0 Å². The molecule has 1 aromatic carbocycles. The molecule has 0 N–H and O–H groups in total. The fourth-order valence-corrected chi connectivity index (χ4v) is 1.59. The fraction of sp³-hybridized carbons (Fsp3) is 0.357. The second-order valence-electron chi connectivity index (χ2n) is 3.88. The molecular weight excluding hydrogens is 232 g/mol. The van der Waals surface area contributed by atoms with Gasteiger partial charge >= 0.3 is 5.97 Å². The Morgan fingerprint density at radius 3 is 2.89 bits per heavy atom. The number of benzene rings is 1. The van der Waals surface area contributed by atoms with Crippen LogP contribution in [0.1, 0.15) is 23.7 Å². The van der Waals surface area contributed by atoms with E-state index in [0.29, 0.717) is 30.3 Å². The first-order chi connectivity index (χ1) is 8.81. The summed E-state index contributed by atoms with van der Waals surface area (Å²) in [5.41, 5.74) is 0.476. The van der Waals surface area contributed by atoms with E-state index in [9.17, 15) is 4.79 Å². The second-order valence-corrected chi connectivity index (χ2v) is 3.88. The van der Waals surface area contributed by atoms with E-state index in [2.05, 4.69) is 0 Å². The van der Waals surface area contributed by atoms with Gasteiger partial charge in [-0.05, 0) is 25.1 Å². The van der Waals surface area contributed by atoms with Crippen molar-refractivity contribution >= 4 is 5.97 Å². The van der Waals surface area contributed by atoms with E-state index >= 15 is 0 Å². The van der Waals surface area contributed by atoms with Gasteiger partial charge < -0.3 is 14.2 Å². The van der Waals surface area contributed by atoms with Crippen molar-refractivity contribution in [3.63, 3.8) is 0 Å². The lowest BCUT2D eigenvalue weighted by Crippen LogP contribution is -2.05. The molecule has 0 atom stereocenters. The van der Waals surface area contributed by atoms with Crippen LogP contribution in [0.3, 0.4) is 0 Å². The van der Waals surface area contributed by atoms with Crippen LogP contribution in [0.15, 0.2) is 30.4 Å². The van der Waals surface area contributed by atoms with E-state index in [1.54, 1.807) is 24.3 Å². The highest BCUT2D eigenvalue weighted by atomic mass is 16.5. The van der Waals surface area contributed by atoms with Gasteiger partial charge in [-0.3, -0.25) is 0 Å². The largest absolute Gasteiger partial charge is 0.490 e. The lowest BCUT2D eigenvalue weighted by molar-refractivity contribution is 0.0549. The van der Waals surface area contributed by atoms with Crippen molar-refractivity contribution in [1.29, 1.82) is 0 Å². The summed E-state index contributed by atoms with van der Waals surface area (Å²) in [4.78, 5) is 11.7. The van der Waals surface area contributed by atoms with E-state index in [1.165, 1.54) is 0 Å². The SMILES string of the molecule is CC=CCOC(=O)c1ccc2c(c1)OCCCO2. The van der Waals surface area contributed by atoms with Gasteiger partial charge in [0, 0.05) is 6.42 Å². The summed E-state index contributed by atoms with van der Waals surface area (Å²) in [7, 11) is 0. The molecule has 0 saturated carbocycles. The van der Waals surface area contributed by atoms with E-state index in [4.69, 9.17) is 14.2 Å². The van der Waals surface area contributed by atoms with Crippen LogP contribution < -0.4 is 9.47 Å². The Bertz CT molecular complexity index is 451. The summed E-state index contributed by atoms with van der Waals surface area (Å²) in [6.45, 7) is 3.40. The summed E-state index contributed by atoms with van der Waals surface area (Å²) in [6, 6.07) is 5.09. The molecule has 2 rings (SSSR count). The summed E-state index contributed by atoms with van der Waals surface area (Å²) >= 11 is 0. The van der Waals surface area contributed by atoms with Crippen LogP contribution in [-0.2, 0) is 4.74 Å². The minimum absolute atomic E-state index is 0.282. The number of hydrogen-bond donors (Lipinski definition) is 0. The Hall–Kier alpha value is -1.97. The number of ether oxygens (including phenoxy) is 3. The third-order valence-corrected chi connectivity index (χ3v) is 2.53. The van der Waals surface area contributed by atoms with Gasteiger partial charge in [0.05, 0.1) is 18.8 Å². The molecule has 0 unspecified atom stereocenters. The normalized spacial score (nSPS) is 14.3. The maximum atomic E-state index is 11.7. The lowest BCUT2D eigenvalue weighted by Gasteiger charge is -2.08. The first kappa shape index (κ1) is 12.5. The molecule has 18 heavy (non-hydrogen) atoms. The Morgan fingerprint density at radius 1 is 1.33 bits per heavy atom. The van der Waals surface area contributed by atoms with E-state index in [1.807, 2.05) is 13.0 Å². The second kappa shape index (κ2) is 6.10. The van der Waals surface area contributed by atoms with Crippen molar-refractivity contribution in [2.45, 2.75) is 13.3 Å². The van der Waals surface area contributed by atoms with Crippen molar-refractivity contribution in [2.75, 3.05) is 19.8 Å². The van der Waals surface area contributed by atoms with Crippen LogP contribution in [0.2, 0.25) is 0 Å². The quantitative estimate of drug-likeness (QED) is 0.609. The highest BCUT2D eigenvalue weighted by Gasteiger charge is 2.14. The standard InChI is InChI=1S/C14H16O4/c1-2-3-7-18-14(15)11-5-6-12-13(10-11)17-9-4-8-16-12/h2-3,5-6,10H,4,7-9H2,1H3. The van der Waals surface area contributed by atoms with Crippen LogP contribution in [0.4, 0.5) is 0 Å². The van der Waals surface area contributed by atoms with E-state index in [-0.39, 0.29) is 12.6 Å². The molecule has 0 aromatic heterocycles. The number of carbonyl (C=O) groups excluding carboxylic acids is 1. The molecular formula is C14H16O4. The highest BCUT2D eigenvalue weighted by molar-refractivity contribution is 5.90. The maximum absolute atomic E-state index is 11.7. The Balaban J connectivity index is 2.10. The number of esters is 1. The van der Waals surface area contributed by atoms with Crippen molar-refractivity contribution in [3.05, 3.63) is 35.9 Å². The van der Waals surface area contributed by atoms with Crippen LogP contribution in [0.5, 0.6) is 11.5 Å². The van der Waals surface area contributed by atoms with Crippen LogP contribution in [-0.4, -0.2) is 25.8 Å². The third kappa shape index (κ3) is 3.03. The zero-order valence-electron chi connectivity index (χ0n) is 10.3. The average Bonchev–Trinajstić information content (AvgIpc) is 2.63. The van der Waals surface area contributed by atoms with Gasteiger partial charge in [0.25, 0.3) is 0 Å². The molecule has 0 fully saturated rings. The predicted molar refractivity (Wildman–Crippen MR) is 67.1 cm³/mol. The van der Waals surface area contributed by atoms with Gasteiger partial charge in [-0.25, -0.2) is 4.79 Å². The molecule has 0 bridgehead atoms. The van der Waals surface area contributed by atoms with Crippen molar-refractivity contribution in [1.82, 2.24) is 0 Å². The van der Waals surface area contributed by atoms with E-state index in [0.717, 1.165) is 6.42 Å². The van der Waals surface area contributed by atoms with Crippen LogP contribution in [0.25, 0.3) is 0 Å². The zero-order chi connectivity index (χ0) is 12.8. The Kier molecular flexibility index (Phi) is 4.23. The zero-order valence-corrected chi connectivity index (χ0v) is 10.3. The maximum Gasteiger partial charge on any atom is 0.338 e. The number of rotatable bonds is 3. The topological polar surface area (TPSA) is 44.8 Å². The summed E-state index contributed by atoms with van der Waals surface area (Å²) in [6.07, 6.45) is 4.46. The fourth-order valence-electron chi connectivity index (χ4n) is 1.59. The molecule has 4 nitrogen and oxygen atoms in total. The van der Waals surface area contributed by atoms with Gasteiger partial charge in [0.15, 0.2) is 11.5 Å². The molecule has 0 radical (unpaired) electrons. The Labute approximate surface area is 106 Å². The molecule has 0 saturated heterocycles. The lowest BCUT2D eigenvalue weighted by atomic mass is 10.2. The van der Waals surface area contributed by atoms with E-state index < -0.39 is 0 Å². The minimum atomic E-state index is -0.358. The van der Waals surface area contributed by atoms with Crippen molar-refractivity contribution in [2.24, 2.45) is 0 Å². The van der Waals surface area contributed by atoms with Gasteiger partial charge in [0.2, 0.25) is 0 Å². The predicted octanol–water partition coefficient (Wildman–Crippen LogP) is 2.58. The monoisotopic (exact) mass is 248 g/mol. The van der Waals surface area contributed by atoms with Crippen molar-refractivity contribution < 1.29 is 19.0 Å². The first-order valence-electron chi connectivity index (χ1n) is 5.99. The highest BCUT2D eigenvalue weighted by Crippen LogP contribution is 2.30. The Morgan fingerprint density at radius 2 is 2.11 bits per heavy atom. The molecule has 96 valence electrons. The van der Waals surface area contributed by atoms with Gasteiger partial charge in [-0.1, -0.05) is 12.2 Å². The first-order valence-corrected chi connectivity index (χ1v) is 5.99. The molecule has 0 amide bonds. The van der Waals surface area contributed by atoms with Crippen LogP contribution >= 0.6 is 0 Å². The van der Waals surface area contributed by atoms with Gasteiger partial charge in [-0.2, -0.15) is 0 Å². The third-order valence-electron chi connectivity index (χ3n) is 2.53. The molecule has 0 spiro atoms. The number of fused-ring (bicyclic) bond motifs is 1.